The molecule has 0 fully saturated rings. The highest BCUT2D eigenvalue weighted by atomic mass is 35.5. The molecule has 0 bridgehead atoms. The average molecular weight is 294 g/mol. The van der Waals surface area contributed by atoms with E-state index in [9.17, 15) is 9.18 Å². The van der Waals surface area contributed by atoms with Crippen molar-refractivity contribution in [1.29, 1.82) is 0 Å². The van der Waals surface area contributed by atoms with Crippen LogP contribution in [0.1, 0.15) is 21.5 Å². The molecule has 2 N–H and O–H groups in total. The molecule has 0 amide bonds. The molecular weight excluding hydrogens is 281 g/mol. The van der Waals surface area contributed by atoms with Crippen molar-refractivity contribution in [2.24, 2.45) is 0 Å². The van der Waals surface area contributed by atoms with Gasteiger partial charge in [-0.25, -0.2) is 9.18 Å². The van der Waals surface area contributed by atoms with Crippen molar-refractivity contribution in [1.82, 2.24) is 0 Å². The number of nitrogens with two attached hydrogens (primary N) is 1. The molecule has 0 aromatic heterocycles. The summed E-state index contributed by atoms with van der Waals surface area (Å²) in [6.07, 6.45) is 0. The van der Waals surface area contributed by atoms with E-state index in [1.807, 2.05) is 0 Å². The van der Waals surface area contributed by atoms with E-state index in [1.165, 1.54) is 18.2 Å². The SMILES string of the molecule is Cc1cc(C(=O)OCc2cc(F)ccc2Cl)ccc1N. The van der Waals surface area contributed by atoms with Gasteiger partial charge >= 0.3 is 5.97 Å². The summed E-state index contributed by atoms with van der Waals surface area (Å²) >= 11 is 5.90. The highest BCUT2D eigenvalue weighted by Crippen LogP contribution is 2.19. The Morgan fingerprint density at radius 1 is 1.30 bits per heavy atom. The maximum absolute atomic E-state index is 13.1. The normalized spacial score (nSPS) is 10.3. The number of rotatable bonds is 3. The summed E-state index contributed by atoms with van der Waals surface area (Å²) in [6, 6.07) is 8.78. The van der Waals surface area contributed by atoms with Crippen molar-refractivity contribution in [3.63, 3.8) is 0 Å². The Bertz CT molecular complexity index is 658. The summed E-state index contributed by atoms with van der Waals surface area (Å²) in [4.78, 5) is 11.9. The number of carbonyl (C=O) groups is 1. The lowest BCUT2D eigenvalue weighted by Gasteiger charge is -2.08. The Labute approximate surface area is 121 Å². The third-order valence-corrected chi connectivity index (χ3v) is 3.24. The van der Waals surface area contributed by atoms with Crippen LogP contribution in [-0.2, 0) is 11.3 Å². The summed E-state index contributed by atoms with van der Waals surface area (Å²) in [5.41, 5.74) is 7.90. The van der Waals surface area contributed by atoms with E-state index in [-0.39, 0.29) is 6.61 Å². The molecule has 0 aliphatic heterocycles. The molecule has 5 heteroatoms. The first-order valence-electron chi connectivity index (χ1n) is 5.94. The smallest absolute Gasteiger partial charge is 0.338 e. The van der Waals surface area contributed by atoms with E-state index in [0.29, 0.717) is 21.8 Å². The van der Waals surface area contributed by atoms with E-state index in [2.05, 4.69) is 0 Å². The average Bonchev–Trinajstić information content (AvgIpc) is 2.42. The summed E-state index contributed by atoms with van der Waals surface area (Å²) in [5, 5.41) is 0.354. The number of anilines is 1. The number of halogens is 2. The van der Waals surface area contributed by atoms with Crippen LogP contribution in [0.5, 0.6) is 0 Å². The number of esters is 1. The predicted molar refractivity (Wildman–Crippen MR) is 76.1 cm³/mol. The van der Waals surface area contributed by atoms with Crippen LogP contribution >= 0.6 is 11.6 Å². The fourth-order valence-electron chi connectivity index (χ4n) is 1.68. The van der Waals surface area contributed by atoms with Gasteiger partial charge in [0.05, 0.1) is 5.56 Å². The highest BCUT2D eigenvalue weighted by Gasteiger charge is 2.10. The lowest BCUT2D eigenvalue weighted by atomic mass is 10.1. The molecule has 2 rings (SSSR count). The zero-order chi connectivity index (χ0) is 14.7. The monoisotopic (exact) mass is 293 g/mol. The minimum absolute atomic E-state index is 0.0845. The van der Waals surface area contributed by atoms with Gasteiger partial charge in [-0.2, -0.15) is 0 Å². The topological polar surface area (TPSA) is 52.3 Å². The Balaban J connectivity index is 2.08. The summed E-state index contributed by atoms with van der Waals surface area (Å²) in [7, 11) is 0. The maximum atomic E-state index is 13.1. The van der Waals surface area contributed by atoms with Crippen LogP contribution in [-0.4, -0.2) is 5.97 Å². The van der Waals surface area contributed by atoms with Crippen LogP contribution in [0.15, 0.2) is 36.4 Å². The third kappa shape index (κ3) is 3.27. The minimum Gasteiger partial charge on any atom is -0.457 e. The molecule has 0 unspecified atom stereocenters. The number of hydrogen-bond acceptors (Lipinski definition) is 3. The fraction of sp³-hybridized carbons (Fsp3) is 0.133. The van der Waals surface area contributed by atoms with E-state index in [0.717, 1.165) is 5.56 Å². The van der Waals surface area contributed by atoms with Crippen molar-refractivity contribution in [3.8, 4) is 0 Å². The number of carbonyl (C=O) groups excluding carboxylic acids is 1. The fourth-order valence-corrected chi connectivity index (χ4v) is 1.86. The van der Waals surface area contributed by atoms with Gasteiger partial charge < -0.3 is 10.5 Å². The zero-order valence-electron chi connectivity index (χ0n) is 10.8. The Kier molecular flexibility index (Phi) is 4.25. The second-order valence-electron chi connectivity index (χ2n) is 4.38. The number of ether oxygens (including phenoxy) is 1. The van der Waals surface area contributed by atoms with E-state index in [4.69, 9.17) is 22.1 Å². The van der Waals surface area contributed by atoms with Crippen molar-refractivity contribution < 1.29 is 13.9 Å². The van der Waals surface area contributed by atoms with Gasteiger partial charge in [-0.3, -0.25) is 0 Å². The van der Waals surface area contributed by atoms with E-state index in [1.54, 1.807) is 25.1 Å². The quantitative estimate of drug-likeness (QED) is 0.693. The Morgan fingerprint density at radius 2 is 2.05 bits per heavy atom. The third-order valence-electron chi connectivity index (χ3n) is 2.87. The summed E-state index contributed by atoms with van der Waals surface area (Å²) in [6.45, 7) is 1.72. The molecular formula is C15H13ClFNO2. The largest absolute Gasteiger partial charge is 0.457 e. The van der Waals surface area contributed by atoms with E-state index >= 15 is 0 Å². The molecule has 104 valence electrons. The molecule has 2 aromatic rings. The molecule has 20 heavy (non-hydrogen) atoms. The minimum atomic E-state index is -0.506. The molecule has 0 radical (unpaired) electrons. The first-order valence-corrected chi connectivity index (χ1v) is 6.32. The van der Waals surface area contributed by atoms with Gasteiger partial charge in [0.2, 0.25) is 0 Å². The molecule has 0 aliphatic rings. The Morgan fingerprint density at radius 3 is 2.75 bits per heavy atom. The Hall–Kier alpha value is -2.07. The standard InChI is InChI=1S/C15H13ClFNO2/c1-9-6-10(2-5-14(9)18)15(19)20-8-11-7-12(17)3-4-13(11)16/h2-7H,8,18H2,1H3. The van der Waals surface area contributed by atoms with Gasteiger partial charge in [0.25, 0.3) is 0 Å². The first kappa shape index (κ1) is 14.3. The molecule has 0 atom stereocenters. The molecule has 0 spiro atoms. The molecule has 0 saturated heterocycles. The van der Waals surface area contributed by atoms with Crippen molar-refractivity contribution in [2.45, 2.75) is 13.5 Å². The molecule has 3 nitrogen and oxygen atoms in total. The summed E-state index contributed by atoms with van der Waals surface area (Å²) in [5.74, 6) is -0.933. The van der Waals surface area contributed by atoms with Crippen LogP contribution in [0, 0.1) is 12.7 Å². The molecule has 0 heterocycles. The van der Waals surface area contributed by atoms with Gasteiger partial charge in [0.1, 0.15) is 12.4 Å². The van der Waals surface area contributed by atoms with Crippen LogP contribution in [0.3, 0.4) is 0 Å². The second kappa shape index (κ2) is 5.92. The van der Waals surface area contributed by atoms with Crippen molar-refractivity contribution in [2.75, 3.05) is 5.73 Å². The number of aryl methyl sites for hydroxylation is 1. The van der Waals surface area contributed by atoms with Crippen LogP contribution in [0.25, 0.3) is 0 Å². The van der Waals surface area contributed by atoms with Gasteiger partial charge in [0, 0.05) is 16.3 Å². The number of hydrogen-bond donors (Lipinski definition) is 1. The number of benzene rings is 2. The van der Waals surface area contributed by atoms with Crippen LogP contribution in [0.4, 0.5) is 10.1 Å². The lowest BCUT2D eigenvalue weighted by Crippen LogP contribution is -2.06. The predicted octanol–water partition coefficient (Wildman–Crippen LogP) is 3.73. The van der Waals surface area contributed by atoms with Crippen molar-refractivity contribution in [3.05, 3.63) is 63.9 Å². The van der Waals surface area contributed by atoms with Crippen LogP contribution in [0.2, 0.25) is 5.02 Å². The van der Waals surface area contributed by atoms with Gasteiger partial charge in [-0.05, 0) is 48.9 Å². The molecule has 2 aromatic carbocycles. The van der Waals surface area contributed by atoms with E-state index < -0.39 is 11.8 Å². The second-order valence-corrected chi connectivity index (χ2v) is 4.79. The first-order chi connectivity index (χ1) is 9.47. The van der Waals surface area contributed by atoms with Crippen LogP contribution < -0.4 is 5.73 Å². The van der Waals surface area contributed by atoms with Gasteiger partial charge in [0.15, 0.2) is 0 Å². The maximum Gasteiger partial charge on any atom is 0.338 e. The molecule has 0 aliphatic carbocycles. The van der Waals surface area contributed by atoms with Crippen molar-refractivity contribution >= 4 is 23.3 Å². The van der Waals surface area contributed by atoms with Gasteiger partial charge in [-0.1, -0.05) is 11.6 Å². The molecule has 0 saturated carbocycles. The number of nitrogen functional groups attached to an aromatic ring is 1. The highest BCUT2D eigenvalue weighted by molar-refractivity contribution is 6.31. The lowest BCUT2D eigenvalue weighted by molar-refractivity contribution is 0.0472. The summed E-state index contributed by atoms with van der Waals surface area (Å²) < 4.78 is 18.2. The zero-order valence-corrected chi connectivity index (χ0v) is 11.6. The van der Waals surface area contributed by atoms with Gasteiger partial charge in [-0.15, -0.1) is 0 Å².